The minimum absolute atomic E-state index is 0.140. The zero-order chi connectivity index (χ0) is 10.4. The van der Waals surface area contributed by atoms with Crippen LogP contribution in [0.1, 0.15) is 32.1 Å². The number of carbonyl (C=O) groups excluding carboxylic acids is 1. The Morgan fingerprint density at radius 3 is 2.64 bits per heavy atom. The molecule has 0 aromatic rings. The van der Waals surface area contributed by atoms with Crippen molar-refractivity contribution in [1.82, 2.24) is 10.6 Å². The van der Waals surface area contributed by atoms with Crippen molar-refractivity contribution in [2.24, 2.45) is 5.73 Å². The highest BCUT2D eigenvalue weighted by Crippen LogP contribution is 2.17. The maximum Gasteiger partial charge on any atom is 0.316 e. The van der Waals surface area contributed by atoms with E-state index in [1.807, 2.05) is 6.26 Å². The van der Waals surface area contributed by atoms with Crippen molar-refractivity contribution in [2.75, 3.05) is 6.26 Å². The Balaban J connectivity index is 2.18. The van der Waals surface area contributed by atoms with Crippen LogP contribution in [0.25, 0.3) is 0 Å². The maximum atomic E-state index is 11.4. The van der Waals surface area contributed by atoms with E-state index in [2.05, 4.69) is 10.6 Å². The quantitative estimate of drug-likeness (QED) is 0.625. The number of carbonyl (C=O) groups is 1. The van der Waals surface area contributed by atoms with E-state index in [9.17, 15) is 4.79 Å². The van der Waals surface area contributed by atoms with Crippen LogP contribution in [0.3, 0.4) is 0 Å². The van der Waals surface area contributed by atoms with Gasteiger partial charge in [-0.15, -0.1) is 11.8 Å². The van der Waals surface area contributed by atoms with Gasteiger partial charge in [0.1, 0.15) is 5.50 Å². The molecule has 0 heterocycles. The van der Waals surface area contributed by atoms with Gasteiger partial charge in [-0.2, -0.15) is 0 Å². The predicted octanol–water partition coefficient (Wildman–Crippen LogP) is 1.22. The molecular formula is C9H19N3OS. The summed E-state index contributed by atoms with van der Waals surface area (Å²) in [6.45, 7) is 0. The average Bonchev–Trinajstić information content (AvgIpc) is 2.19. The van der Waals surface area contributed by atoms with Crippen molar-refractivity contribution in [3.05, 3.63) is 0 Å². The second kappa shape index (κ2) is 6.14. The van der Waals surface area contributed by atoms with Crippen molar-refractivity contribution in [2.45, 2.75) is 43.6 Å². The molecule has 4 N–H and O–H groups in total. The van der Waals surface area contributed by atoms with E-state index in [0.717, 1.165) is 12.8 Å². The molecule has 5 heteroatoms. The summed E-state index contributed by atoms with van der Waals surface area (Å²) < 4.78 is 0. The standard InChI is InChI=1S/C9H19N3OS/c1-14-8(10)12-9(13)11-7-5-3-2-4-6-7/h7-8H,2-6,10H2,1H3,(H2,11,12,13)/i8+2. The largest absolute Gasteiger partial charge is 0.335 e. The van der Waals surface area contributed by atoms with Gasteiger partial charge in [0.05, 0.1) is 0 Å². The summed E-state index contributed by atoms with van der Waals surface area (Å²) in [7, 11) is 0. The van der Waals surface area contributed by atoms with E-state index in [4.69, 9.17) is 5.73 Å². The molecule has 1 atom stereocenters. The zero-order valence-electron chi connectivity index (χ0n) is 8.58. The van der Waals surface area contributed by atoms with Crippen LogP contribution in [0.2, 0.25) is 0 Å². The van der Waals surface area contributed by atoms with Gasteiger partial charge in [0.2, 0.25) is 0 Å². The molecule has 1 rings (SSSR count). The number of nitrogens with two attached hydrogens (primary N) is 1. The first-order valence-electron chi connectivity index (χ1n) is 5.08. The summed E-state index contributed by atoms with van der Waals surface area (Å²) in [4.78, 5) is 11.4. The van der Waals surface area contributed by atoms with Crippen LogP contribution < -0.4 is 16.4 Å². The summed E-state index contributed by atoms with van der Waals surface area (Å²) in [6, 6.07) is 0.205. The lowest BCUT2D eigenvalue weighted by atomic mass is 9.96. The molecule has 2 amide bonds. The Labute approximate surface area is 89.4 Å². The van der Waals surface area contributed by atoms with Crippen molar-refractivity contribution >= 4 is 17.8 Å². The van der Waals surface area contributed by atoms with E-state index in [-0.39, 0.29) is 11.5 Å². The Morgan fingerprint density at radius 2 is 2.07 bits per heavy atom. The highest BCUT2D eigenvalue weighted by atomic mass is 32.2. The summed E-state index contributed by atoms with van der Waals surface area (Å²) in [5.41, 5.74) is 5.26. The highest BCUT2D eigenvalue weighted by molar-refractivity contribution is 7.99. The van der Waals surface area contributed by atoms with E-state index in [1.165, 1.54) is 31.0 Å². The molecule has 1 aliphatic carbocycles. The first-order chi connectivity index (χ1) is 6.72. The normalized spacial score (nSPS) is 20.1. The minimum Gasteiger partial charge on any atom is -0.335 e. The van der Waals surface area contributed by atoms with Crippen molar-refractivity contribution in [3.63, 3.8) is 0 Å². The zero-order valence-corrected chi connectivity index (χ0v) is 9.40. The van der Waals surface area contributed by atoms with Gasteiger partial charge in [-0.3, -0.25) is 0 Å². The summed E-state index contributed by atoms with van der Waals surface area (Å²) in [5, 5.41) is 5.61. The number of hydrogen-bond donors (Lipinski definition) is 3. The van der Waals surface area contributed by atoms with E-state index >= 15 is 0 Å². The third-order valence-corrected chi connectivity index (χ3v) is 3.09. The minimum atomic E-state index is -0.307. The fourth-order valence-electron chi connectivity index (χ4n) is 1.66. The van der Waals surface area contributed by atoms with Gasteiger partial charge >= 0.3 is 6.03 Å². The fourth-order valence-corrected chi connectivity index (χ4v) is 1.89. The summed E-state index contributed by atoms with van der Waals surface area (Å²) >= 11 is 1.42. The number of rotatable bonds is 3. The number of thioether (sulfide) groups is 1. The third-order valence-electron chi connectivity index (χ3n) is 2.47. The highest BCUT2D eigenvalue weighted by Gasteiger charge is 2.16. The van der Waals surface area contributed by atoms with Crippen LogP contribution in [-0.2, 0) is 0 Å². The molecule has 1 aliphatic rings. The third kappa shape index (κ3) is 4.19. The molecule has 1 unspecified atom stereocenters. The molecule has 0 spiro atoms. The average molecular weight is 219 g/mol. The van der Waals surface area contributed by atoms with Crippen molar-refractivity contribution in [3.8, 4) is 0 Å². The smallest absolute Gasteiger partial charge is 0.316 e. The van der Waals surface area contributed by atoms with Gasteiger partial charge in [0.25, 0.3) is 0 Å². The molecule has 0 aromatic heterocycles. The molecule has 0 saturated heterocycles. The topological polar surface area (TPSA) is 67.1 Å². The van der Waals surface area contributed by atoms with Gasteiger partial charge in [-0.25, -0.2) is 4.79 Å². The summed E-state index contributed by atoms with van der Waals surface area (Å²) in [5.74, 6) is 0. The Kier molecular flexibility index (Phi) is 5.11. The first kappa shape index (κ1) is 11.7. The predicted molar refractivity (Wildman–Crippen MR) is 60.0 cm³/mol. The van der Waals surface area contributed by atoms with Crippen molar-refractivity contribution in [1.29, 1.82) is 0 Å². The van der Waals surface area contributed by atoms with Crippen LogP contribution in [0.15, 0.2) is 0 Å². The van der Waals surface area contributed by atoms with Gasteiger partial charge in [0.15, 0.2) is 0 Å². The van der Waals surface area contributed by atoms with Crippen LogP contribution in [0.4, 0.5) is 4.79 Å². The second-order valence-electron chi connectivity index (χ2n) is 3.61. The molecule has 0 aromatic carbocycles. The number of urea groups is 1. The molecule has 0 bridgehead atoms. The number of nitrogens with one attached hydrogen (secondary N) is 2. The molecule has 0 aliphatic heterocycles. The van der Waals surface area contributed by atoms with Gasteiger partial charge in [-0.05, 0) is 19.1 Å². The maximum absolute atomic E-state index is 11.4. The Morgan fingerprint density at radius 1 is 1.43 bits per heavy atom. The molecule has 82 valence electrons. The van der Waals surface area contributed by atoms with Crippen LogP contribution in [0.5, 0.6) is 0 Å². The van der Waals surface area contributed by atoms with E-state index in [1.54, 1.807) is 0 Å². The molecule has 1 fully saturated rings. The number of amides is 2. The SMILES string of the molecule is CS[14CH](N)NC(=O)NC1CCCCC1. The monoisotopic (exact) mass is 219 g/mol. The molecule has 14 heavy (non-hydrogen) atoms. The lowest BCUT2D eigenvalue weighted by Crippen LogP contribution is -2.48. The van der Waals surface area contributed by atoms with Gasteiger partial charge in [0, 0.05) is 6.04 Å². The van der Waals surface area contributed by atoms with Crippen LogP contribution in [0, 0.1) is 0 Å². The van der Waals surface area contributed by atoms with Gasteiger partial charge in [-0.1, -0.05) is 19.3 Å². The molecule has 0 radical (unpaired) electrons. The molecule has 4 nitrogen and oxygen atoms in total. The van der Waals surface area contributed by atoms with Gasteiger partial charge < -0.3 is 16.4 Å². The number of hydrogen-bond acceptors (Lipinski definition) is 3. The lowest BCUT2D eigenvalue weighted by molar-refractivity contribution is 0.232. The second-order valence-corrected chi connectivity index (χ2v) is 4.59. The van der Waals surface area contributed by atoms with Crippen molar-refractivity contribution < 1.29 is 4.79 Å². The Hall–Kier alpha value is -0.420. The van der Waals surface area contributed by atoms with Crippen LogP contribution in [-0.4, -0.2) is 23.8 Å². The molecular weight excluding hydrogens is 200 g/mol. The fraction of sp³-hybridized carbons (Fsp3) is 0.889. The lowest BCUT2D eigenvalue weighted by Gasteiger charge is -2.23. The van der Waals surface area contributed by atoms with E-state index in [0.29, 0.717) is 6.04 Å². The summed E-state index contributed by atoms with van der Waals surface area (Å²) in [6.07, 6.45) is 7.80. The first-order valence-corrected chi connectivity index (χ1v) is 6.36. The molecule has 1 saturated carbocycles. The van der Waals surface area contributed by atoms with E-state index < -0.39 is 0 Å². The van der Waals surface area contributed by atoms with Crippen LogP contribution >= 0.6 is 11.8 Å². The Bertz CT molecular complexity index is 183.